The molecule has 2 nitrogen and oxygen atoms in total. The topological polar surface area (TPSA) is 32.3 Å². The standard InChI is InChI=1S/C12H18BrNO/c1-8-5-6-11(10(13)7-8)14-9(2)12(3,4)15/h5-7,9,14-15H,1-4H3. The van der Waals surface area contributed by atoms with E-state index in [2.05, 4.69) is 27.3 Å². The van der Waals surface area contributed by atoms with E-state index >= 15 is 0 Å². The fourth-order valence-electron chi connectivity index (χ4n) is 1.15. The lowest BCUT2D eigenvalue weighted by Gasteiger charge is -2.28. The van der Waals surface area contributed by atoms with Gasteiger partial charge in [-0.2, -0.15) is 0 Å². The number of halogens is 1. The van der Waals surface area contributed by atoms with Crippen LogP contribution < -0.4 is 5.32 Å². The van der Waals surface area contributed by atoms with Gasteiger partial charge in [0.15, 0.2) is 0 Å². The summed E-state index contributed by atoms with van der Waals surface area (Å²) >= 11 is 3.50. The van der Waals surface area contributed by atoms with E-state index in [1.54, 1.807) is 13.8 Å². The Kier molecular flexibility index (Phi) is 3.79. The molecule has 1 aromatic carbocycles. The minimum atomic E-state index is -0.732. The third-order valence-electron chi connectivity index (χ3n) is 2.56. The molecular weight excluding hydrogens is 254 g/mol. The molecule has 3 heteroatoms. The summed E-state index contributed by atoms with van der Waals surface area (Å²) in [6.45, 7) is 7.61. The lowest BCUT2D eigenvalue weighted by atomic mass is 10.0. The van der Waals surface area contributed by atoms with E-state index in [1.165, 1.54) is 5.56 Å². The summed E-state index contributed by atoms with van der Waals surface area (Å²) in [6.07, 6.45) is 0. The maximum Gasteiger partial charge on any atom is 0.0789 e. The SMILES string of the molecule is Cc1ccc(NC(C)C(C)(C)O)c(Br)c1. The first-order chi connectivity index (χ1) is 6.80. The molecule has 0 amide bonds. The summed E-state index contributed by atoms with van der Waals surface area (Å²) in [4.78, 5) is 0. The van der Waals surface area contributed by atoms with Crippen molar-refractivity contribution in [1.29, 1.82) is 0 Å². The maximum absolute atomic E-state index is 9.82. The molecule has 2 N–H and O–H groups in total. The highest BCUT2D eigenvalue weighted by atomic mass is 79.9. The Bertz CT molecular complexity index is 344. The lowest BCUT2D eigenvalue weighted by molar-refractivity contribution is 0.0649. The van der Waals surface area contributed by atoms with Gasteiger partial charge in [0.25, 0.3) is 0 Å². The number of nitrogens with one attached hydrogen (secondary N) is 1. The van der Waals surface area contributed by atoms with E-state index in [-0.39, 0.29) is 6.04 Å². The van der Waals surface area contributed by atoms with Crippen molar-refractivity contribution >= 4 is 21.6 Å². The van der Waals surface area contributed by atoms with Crippen LogP contribution in [0.5, 0.6) is 0 Å². The van der Waals surface area contributed by atoms with Gasteiger partial charge in [0.1, 0.15) is 0 Å². The van der Waals surface area contributed by atoms with E-state index in [1.807, 2.05) is 26.0 Å². The second kappa shape index (κ2) is 4.54. The zero-order valence-electron chi connectivity index (χ0n) is 9.63. The molecule has 0 radical (unpaired) electrons. The summed E-state index contributed by atoms with van der Waals surface area (Å²) in [7, 11) is 0. The zero-order chi connectivity index (χ0) is 11.6. The van der Waals surface area contributed by atoms with Crippen molar-refractivity contribution in [2.24, 2.45) is 0 Å². The smallest absolute Gasteiger partial charge is 0.0789 e. The molecule has 1 aromatic rings. The molecule has 0 heterocycles. The predicted octanol–water partition coefficient (Wildman–Crippen LogP) is 3.33. The van der Waals surface area contributed by atoms with Crippen LogP contribution in [0.1, 0.15) is 26.3 Å². The molecule has 1 unspecified atom stereocenters. The van der Waals surface area contributed by atoms with Gasteiger partial charge < -0.3 is 10.4 Å². The quantitative estimate of drug-likeness (QED) is 0.884. The van der Waals surface area contributed by atoms with Gasteiger partial charge in [-0.1, -0.05) is 6.07 Å². The van der Waals surface area contributed by atoms with Crippen LogP contribution in [0.15, 0.2) is 22.7 Å². The maximum atomic E-state index is 9.82. The molecule has 0 spiro atoms. The van der Waals surface area contributed by atoms with Crippen molar-refractivity contribution in [3.05, 3.63) is 28.2 Å². The predicted molar refractivity (Wildman–Crippen MR) is 68.3 cm³/mol. The van der Waals surface area contributed by atoms with Crippen LogP contribution in [0.25, 0.3) is 0 Å². The Labute approximate surface area is 99.8 Å². The summed E-state index contributed by atoms with van der Waals surface area (Å²) in [5.74, 6) is 0. The molecule has 0 aliphatic carbocycles. The molecule has 0 aliphatic heterocycles. The van der Waals surface area contributed by atoms with Crippen molar-refractivity contribution in [3.8, 4) is 0 Å². The highest BCUT2D eigenvalue weighted by molar-refractivity contribution is 9.10. The number of aryl methyl sites for hydroxylation is 1. The molecule has 0 aromatic heterocycles. The lowest BCUT2D eigenvalue weighted by Crippen LogP contribution is -2.39. The molecule has 1 rings (SSSR count). The number of aliphatic hydroxyl groups is 1. The minimum absolute atomic E-state index is 0.00324. The second-order valence-corrected chi connectivity index (χ2v) is 5.36. The van der Waals surface area contributed by atoms with Gasteiger partial charge in [-0.3, -0.25) is 0 Å². The van der Waals surface area contributed by atoms with Crippen molar-refractivity contribution in [2.75, 3.05) is 5.32 Å². The first-order valence-electron chi connectivity index (χ1n) is 5.06. The van der Waals surface area contributed by atoms with Crippen LogP contribution in [0.3, 0.4) is 0 Å². The molecule has 84 valence electrons. The van der Waals surface area contributed by atoms with E-state index in [9.17, 15) is 5.11 Å². The first-order valence-corrected chi connectivity index (χ1v) is 5.85. The van der Waals surface area contributed by atoms with Crippen LogP contribution in [0.4, 0.5) is 5.69 Å². The summed E-state index contributed by atoms with van der Waals surface area (Å²) in [6, 6.07) is 6.11. The Hall–Kier alpha value is -0.540. The number of benzene rings is 1. The molecular formula is C12H18BrNO. The molecule has 0 bridgehead atoms. The van der Waals surface area contributed by atoms with E-state index in [0.29, 0.717) is 0 Å². The Morgan fingerprint density at radius 1 is 1.40 bits per heavy atom. The van der Waals surface area contributed by atoms with Gasteiger partial charge in [-0.15, -0.1) is 0 Å². The third kappa shape index (κ3) is 3.50. The zero-order valence-corrected chi connectivity index (χ0v) is 11.2. The molecule has 0 saturated heterocycles. The van der Waals surface area contributed by atoms with Gasteiger partial charge in [0, 0.05) is 10.2 Å². The number of anilines is 1. The van der Waals surface area contributed by atoms with Crippen molar-refractivity contribution in [3.63, 3.8) is 0 Å². The Morgan fingerprint density at radius 2 is 2.00 bits per heavy atom. The Morgan fingerprint density at radius 3 is 2.47 bits per heavy atom. The summed E-state index contributed by atoms with van der Waals surface area (Å²) in [5, 5.41) is 13.1. The largest absolute Gasteiger partial charge is 0.388 e. The third-order valence-corrected chi connectivity index (χ3v) is 3.21. The van der Waals surface area contributed by atoms with Crippen LogP contribution in [-0.2, 0) is 0 Å². The van der Waals surface area contributed by atoms with Crippen LogP contribution >= 0.6 is 15.9 Å². The number of hydrogen-bond acceptors (Lipinski definition) is 2. The first kappa shape index (κ1) is 12.5. The normalized spacial score (nSPS) is 13.7. The fraction of sp³-hybridized carbons (Fsp3) is 0.500. The van der Waals surface area contributed by atoms with Gasteiger partial charge >= 0.3 is 0 Å². The molecule has 0 saturated carbocycles. The summed E-state index contributed by atoms with van der Waals surface area (Å²) < 4.78 is 1.03. The van der Waals surface area contributed by atoms with E-state index < -0.39 is 5.60 Å². The van der Waals surface area contributed by atoms with E-state index in [4.69, 9.17) is 0 Å². The van der Waals surface area contributed by atoms with Crippen molar-refractivity contribution < 1.29 is 5.11 Å². The van der Waals surface area contributed by atoms with Crippen LogP contribution in [0, 0.1) is 6.92 Å². The van der Waals surface area contributed by atoms with Gasteiger partial charge in [0.05, 0.1) is 11.6 Å². The fourth-order valence-corrected chi connectivity index (χ4v) is 1.75. The summed E-state index contributed by atoms with van der Waals surface area (Å²) in [5.41, 5.74) is 1.49. The van der Waals surface area contributed by atoms with Crippen LogP contribution in [0.2, 0.25) is 0 Å². The average molecular weight is 272 g/mol. The second-order valence-electron chi connectivity index (χ2n) is 4.50. The highest BCUT2D eigenvalue weighted by Crippen LogP contribution is 2.25. The molecule has 15 heavy (non-hydrogen) atoms. The highest BCUT2D eigenvalue weighted by Gasteiger charge is 2.22. The average Bonchev–Trinajstić information content (AvgIpc) is 2.08. The number of rotatable bonds is 3. The van der Waals surface area contributed by atoms with Gasteiger partial charge in [-0.05, 0) is 61.3 Å². The number of hydrogen-bond donors (Lipinski definition) is 2. The van der Waals surface area contributed by atoms with Crippen LogP contribution in [-0.4, -0.2) is 16.7 Å². The van der Waals surface area contributed by atoms with Crippen molar-refractivity contribution in [1.82, 2.24) is 0 Å². The molecule has 1 atom stereocenters. The van der Waals surface area contributed by atoms with Crippen molar-refractivity contribution in [2.45, 2.75) is 39.3 Å². The molecule has 0 aliphatic rings. The van der Waals surface area contributed by atoms with Gasteiger partial charge in [0.2, 0.25) is 0 Å². The van der Waals surface area contributed by atoms with Gasteiger partial charge in [-0.25, -0.2) is 0 Å². The molecule has 0 fully saturated rings. The monoisotopic (exact) mass is 271 g/mol. The minimum Gasteiger partial charge on any atom is -0.388 e. The Balaban J connectivity index is 2.82. The van der Waals surface area contributed by atoms with E-state index in [0.717, 1.165) is 10.2 Å².